The molecule has 0 aromatic heterocycles. The molecule has 52 heavy (non-hydrogen) atoms. The molecule has 8 heteroatoms. The first-order chi connectivity index (χ1) is 24.4. The molecule has 5 aromatic carbocycles. The predicted molar refractivity (Wildman–Crippen MR) is 214 cm³/mol. The van der Waals surface area contributed by atoms with E-state index in [0.29, 0.717) is 22.0 Å². The summed E-state index contributed by atoms with van der Waals surface area (Å²) >= 11 is 0. The van der Waals surface area contributed by atoms with Crippen LogP contribution in [-0.2, 0) is 13.7 Å². The maximum atomic E-state index is 14.5. The molecule has 5 aromatic rings. The molecule has 0 saturated heterocycles. The molecule has 1 unspecified atom stereocenters. The molecule has 0 N–H and O–H groups in total. The van der Waals surface area contributed by atoms with Crippen molar-refractivity contribution in [3.8, 4) is 0 Å². The van der Waals surface area contributed by atoms with Crippen LogP contribution in [0.2, 0.25) is 0 Å². The third kappa shape index (κ3) is 8.36. The average molecular weight is 735 g/mol. The molecule has 0 amide bonds. The molecular weight excluding hydrogens is 686 g/mol. The van der Waals surface area contributed by atoms with Crippen molar-refractivity contribution in [3.63, 3.8) is 0 Å². The predicted octanol–water partition coefficient (Wildman–Crippen LogP) is 10.6. The van der Waals surface area contributed by atoms with E-state index in [9.17, 15) is 23.5 Å². The van der Waals surface area contributed by atoms with E-state index >= 15 is 0 Å². The van der Waals surface area contributed by atoms with Gasteiger partial charge in [0.2, 0.25) is 18.2 Å². The van der Waals surface area contributed by atoms with Gasteiger partial charge in [-0.15, -0.1) is 0 Å². The van der Waals surface area contributed by atoms with Gasteiger partial charge < -0.3 is 9.09 Å². The molecule has 0 bridgehead atoms. The van der Waals surface area contributed by atoms with Gasteiger partial charge in [0.25, 0.3) is 7.37 Å². The van der Waals surface area contributed by atoms with Crippen molar-refractivity contribution in [1.29, 1.82) is 0 Å². The summed E-state index contributed by atoms with van der Waals surface area (Å²) in [6.07, 6.45) is 0.284. The smallest absolute Gasteiger partial charge is 0.343 e. The molecule has 0 fully saturated rings. The van der Waals surface area contributed by atoms with Crippen LogP contribution in [0.3, 0.4) is 0 Å². The van der Waals surface area contributed by atoms with Gasteiger partial charge in [0, 0.05) is 27.9 Å². The molecule has 0 aliphatic rings. The Hall–Kier alpha value is -4.63. The van der Waals surface area contributed by atoms with Crippen molar-refractivity contribution in [3.05, 3.63) is 164 Å². The summed E-state index contributed by atoms with van der Waals surface area (Å²) in [7, 11) is -7.29. The van der Waals surface area contributed by atoms with E-state index in [-0.39, 0.29) is 11.5 Å². The van der Waals surface area contributed by atoms with Crippen molar-refractivity contribution in [2.24, 2.45) is 0 Å². The first-order valence-corrected chi connectivity index (χ1v) is 20.8. The van der Waals surface area contributed by atoms with Gasteiger partial charge in [0.1, 0.15) is 0 Å². The van der Waals surface area contributed by atoms with Crippen LogP contribution in [0, 0.1) is 62.3 Å². The van der Waals surface area contributed by atoms with Gasteiger partial charge in [-0.3, -0.25) is 14.2 Å². The van der Waals surface area contributed by atoms with E-state index < -0.39 is 31.5 Å². The highest BCUT2D eigenvalue weighted by Crippen LogP contribution is 2.53. The Kier molecular flexibility index (Phi) is 12.6. The summed E-state index contributed by atoms with van der Waals surface area (Å²) in [6, 6.07) is 28.8. The molecular formula is C44H48O6P2. The Bertz CT molecular complexity index is 2110. The lowest BCUT2D eigenvalue weighted by molar-refractivity contribution is 0.0742. The highest BCUT2D eigenvalue weighted by atomic mass is 31.2. The Morgan fingerprint density at radius 1 is 0.481 bits per heavy atom. The zero-order valence-corrected chi connectivity index (χ0v) is 33.6. The fourth-order valence-corrected chi connectivity index (χ4v) is 11.1. The number of benzene rings is 5. The number of hydrogen-bond donors (Lipinski definition) is 0. The van der Waals surface area contributed by atoms with Crippen molar-refractivity contribution in [2.45, 2.75) is 69.2 Å². The fraction of sp³-hybridized carbons (Fsp3) is 0.250. The molecule has 6 nitrogen and oxygen atoms in total. The van der Waals surface area contributed by atoms with Crippen LogP contribution in [0.15, 0.2) is 97.1 Å². The number of aryl methyl sites for hydroxylation is 9. The summed E-state index contributed by atoms with van der Waals surface area (Å²) in [5.74, 6) is -0.510. The van der Waals surface area contributed by atoms with E-state index in [4.69, 9.17) is 4.52 Å². The lowest BCUT2D eigenvalue weighted by Crippen LogP contribution is -2.23. The topological polar surface area (TPSA) is 94.6 Å². The summed E-state index contributed by atoms with van der Waals surface area (Å²) in [4.78, 5) is 40.2. The fourth-order valence-electron chi connectivity index (χ4n) is 6.95. The van der Waals surface area contributed by atoms with E-state index in [1.165, 1.54) is 0 Å². The average Bonchev–Trinajstić information content (AvgIpc) is 3.07. The van der Waals surface area contributed by atoms with Crippen LogP contribution in [0.25, 0.3) is 0 Å². The highest BCUT2D eigenvalue weighted by Gasteiger charge is 2.44. The minimum absolute atomic E-state index is 0.277. The normalized spacial score (nSPS) is 12.3. The summed E-state index contributed by atoms with van der Waals surface area (Å²) in [6.45, 7) is 18.7. The van der Waals surface area contributed by atoms with Crippen molar-refractivity contribution < 1.29 is 28.0 Å². The molecule has 1 atom stereocenters. The number of hydrogen-bond acceptors (Lipinski definition) is 6. The molecule has 0 saturated carbocycles. The van der Waals surface area contributed by atoms with Gasteiger partial charge in [-0.2, -0.15) is 0 Å². The molecule has 5 rings (SSSR count). The number of carbonyl (C=O) groups is 3. The lowest BCUT2D eigenvalue weighted by Gasteiger charge is -2.21. The molecule has 0 radical (unpaired) electrons. The standard InChI is InChI=1S/C26H27O3P.C18H21O3P/c1-16-12-18(3)23(19(4)13-16)25(27)30(29,22-10-8-7-9-11-22)26(28)24-20(5)14-17(2)15-21(24)6;1-5-22(20,16-9-7-6-8-10-16)21-18(19)17-14(3)11-13(2)12-15(17)4/h7-15H,1-6H3;6-12H,5H2,1-4H3. The lowest BCUT2D eigenvalue weighted by atomic mass is 10.0. The van der Waals surface area contributed by atoms with E-state index in [2.05, 4.69) is 0 Å². The van der Waals surface area contributed by atoms with Crippen molar-refractivity contribution >= 4 is 42.1 Å². The van der Waals surface area contributed by atoms with Crippen LogP contribution in [0.1, 0.15) is 88.1 Å². The minimum Gasteiger partial charge on any atom is -0.404 e. The quantitative estimate of drug-likeness (QED) is 0.140. The minimum atomic E-state index is -4.11. The van der Waals surface area contributed by atoms with Crippen LogP contribution in [0.5, 0.6) is 0 Å². The Labute approximate surface area is 308 Å². The second-order valence-corrected chi connectivity index (χ2v) is 18.8. The van der Waals surface area contributed by atoms with E-state index in [1.54, 1.807) is 61.5 Å². The Balaban J connectivity index is 0.000000244. The zero-order valence-electron chi connectivity index (χ0n) is 31.8. The maximum Gasteiger partial charge on any atom is 0.343 e. The third-order valence-corrected chi connectivity index (χ3v) is 14.1. The highest BCUT2D eigenvalue weighted by molar-refractivity contribution is 8.01. The van der Waals surface area contributed by atoms with Crippen molar-refractivity contribution in [2.75, 3.05) is 6.16 Å². The van der Waals surface area contributed by atoms with Gasteiger partial charge in [0.05, 0.1) is 5.56 Å². The molecule has 270 valence electrons. The van der Waals surface area contributed by atoms with Crippen molar-refractivity contribution in [1.82, 2.24) is 0 Å². The first kappa shape index (κ1) is 40.1. The summed E-state index contributed by atoms with van der Waals surface area (Å²) < 4.78 is 33.0. The van der Waals surface area contributed by atoms with Crippen LogP contribution < -0.4 is 10.6 Å². The van der Waals surface area contributed by atoms with Crippen LogP contribution in [-0.4, -0.2) is 23.2 Å². The largest absolute Gasteiger partial charge is 0.404 e. The number of carbonyl (C=O) groups excluding carboxylic acids is 3. The Morgan fingerprint density at radius 3 is 1.12 bits per heavy atom. The van der Waals surface area contributed by atoms with E-state index in [1.807, 2.05) is 105 Å². The maximum absolute atomic E-state index is 14.5. The first-order valence-electron chi connectivity index (χ1n) is 17.3. The van der Waals surface area contributed by atoms with Crippen LogP contribution in [0.4, 0.5) is 0 Å². The Morgan fingerprint density at radius 2 is 0.788 bits per heavy atom. The molecule has 0 spiro atoms. The van der Waals surface area contributed by atoms with Crippen LogP contribution >= 0.6 is 14.5 Å². The van der Waals surface area contributed by atoms with Gasteiger partial charge in [0.15, 0.2) is 0 Å². The molecule has 0 heterocycles. The van der Waals surface area contributed by atoms with Gasteiger partial charge in [-0.05, 0) is 108 Å². The van der Waals surface area contributed by atoms with Gasteiger partial charge in [-0.1, -0.05) is 109 Å². The monoisotopic (exact) mass is 734 g/mol. The number of rotatable bonds is 9. The zero-order chi connectivity index (χ0) is 38.5. The van der Waals surface area contributed by atoms with Gasteiger partial charge in [-0.25, -0.2) is 4.79 Å². The molecule has 0 aliphatic heterocycles. The van der Waals surface area contributed by atoms with Gasteiger partial charge >= 0.3 is 5.97 Å². The summed E-state index contributed by atoms with van der Waals surface area (Å²) in [5.41, 5.74) is 7.85. The second-order valence-electron chi connectivity index (χ2n) is 13.6. The summed E-state index contributed by atoms with van der Waals surface area (Å²) in [5, 5.41) is 0.854. The second kappa shape index (κ2) is 16.4. The third-order valence-electron chi connectivity index (χ3n) is 9.15. The molecule has 0 aliphatic carbocycles. The SMILES string of the molecule is CCP(=O)(OC(=O)c1c(C)cc(C)cc1C)c1ccccc1.Cc1cc(C)c(C(=O)P(=O)(C(=O)c2c(C)cc(C)cc2C)c2ccccc2)c(C)c1. The van der Waals surface area contributed by atoms with E-state index in [0.717, 1.165) is 50.1 Å².